The third-order valence-electron chi connectivity index (χ3n) is 5.65. The van der Waals surface area contributed by atoms with E-state index in [9.17, 15) is 9.59 Å². The zero-order valence-corrected chi connectivity index (χ0v) is 17.7. The fourth-order valence-electron chi connectivity index (χ4n) is 3.54. The molecule has 1 aromatic heterocycles. The summed E-state index contributed by atoms with van der Waals surface area (Å²) >= 11 is 0. The normalized spacial score (nSPS) is 14.0. The summed E-state index contributed by atoms with van der Waals surface area (Å²) in [5.74, 6) is 0.478. The molecule has 1 saturated carbocycles. The number of aromatic amines is 1. The summed E-state index contributed by atoms with van der Waals surface area (Å²) in [6, 6.07) is 15.7. The maximum atomic E-state index is 12.8. The highest BCUT2D eigenvalue weighted by Crippen LogP contribution is 2.39. The zero-order chi connectivity index (χ0) is 22.0. The number of amides is 2. The van der Waals surface area contributed by atoms with E-state index in [0.717, 1.165) is 33.6 Å². The van der Waals surface area contributed by atoms with Gasteiger partial charge in [-0.25, -0.2) is 0 Å². The van der Waals surface area contributed by atoms with E-state index < -0.39 is 0 Å². The van der Waals surface area contributed by atoms with E-state index in [4.69, 9.17) is 0 Å². The van der Waals surface area contributed by atoms with Crippen LogP contribution < -0.4 is 10.6 Å². The van der Waals surface area contributed by atoms with Gasteiger partial charge in [-0.1, -0.05) is 36.9 Å². The average Bonchev–Trinajstić information content (AvgIpc) is 3.53. The first-order valence-corrected chi connectivity index (χ1v) is 10.4. The molecule has 6 nitrogen and oxygen atoms in total. The Hall–Kier alpha value is -3.67. The van der Waals surface area contributed by atoms with Crippen molar-refractivity contribution in [3.05, 3.63) is 78.0 Å². The van der Waals surface area contributed by atoms with Gasteiger partial charge in [0.15, 0.2) is 5.82 Å². The first-order chi connectivity index (χ1) is 14.9. The quantitative estimate of drug-likeness (QED) is 0.469. The van der Waals surface area contributed by atoms with Crippen molar-refractivity contribution in [3.63, 3.8) is 0 Å². The number of carbonyl (C=O) groups is 2. The lowest BCUT2D eigenvalue weighted by Gasteiger charge is -2.14. The van der Waals surface area contributed by atoms with Gasteiger partial charge in [0, 0.05) is 23.4 Å². The fraction of sp³-hybridized carbons (Fsp3) is 0.240. The van der Waals surface area contributed by atoms with Gasteiger partial charge in [0.1, 0.15) is 0 Å². The van der Waals surface area contributed by atoms with Gasteiger partial charge in [0.25, 0.3) is 0 Å². The summed E-state index contributed by atoms with van der Waals surface area (Å²) in [4.78, 5) is 24.3. The topological polar surface area (TPSA) is 86.9 Å². The molecule has 0 bridgehead atoms. The summed E-state index contributed by atoms with van der Waals surface area (Å²) in [6.07, 6.45) is 3.61. The molecule has 1 aliphatic rings. The molecule has 2 aromatic carbocycles. The summed E-state index contributed by atoms with van der Waals surface area (Å²) in [5, 5.41) is 12.9. The van der Waals surface area contributed by atoms with E-state index in [2.05, 4.69) is 27.4 Å². The zero-order valence-electron chi connectivity index (χ0n) is 17.7. The Balaban J connectivity index is 1.49. The highest BCUT2D eigenvalue weighted by Gasteiger charge is 2.26. The van der Waals surface area contributed by atoms with Gasteiger partial charge >= 0.3 is 0 Å². The van der Waals surface area contributed by atoms with Crippen LogP contribution in [0, 0.1) is 6.92 Å². The van der Waals surface area contributed by atoms with E-state index in [1.54, 1.807) is 0 Å². The van der Waals surface area contributed by atoms with Gasteiger partial charge in [0.05, 0.1) is 5.92 Å². The molecule has 6 heteroatoms. The largest absolute Gasteiger partial charge is 0.322 e. The molecule has 1 unspecified atom stereocenters. The molecule has 1 aliphatic carbocycles. The smallest absolute Gasteiger partial charge is 0.247 e. The molecule has 4 rings (SSSR count). The Morgan fingerprint density at radius 1 is 1.13 bits per heavy atom. The van der Waals surface area contributed by atoms with Crippen LogP contribution in [0.2, 0.25) is 0 Å². The Bertz CT molecular complexity index is 1140. The number of rotatable bonds is 7. The monoisotopic (exact) mass is 414 g/mol. The molecule has 1 atom stereocenters. The van der Waals surface area contributed by atoms with E-state index in [1.807, 2.05) is 62.4 Å². The Morgan fingerprint density at radius 3 is 2.61 bits per heavy atom. The van der Waals surface area contributed by atoms with Crippen molar-refractivity contribution in [1.29, 1.82) is 0 Å². The number of hydrogen-bond donors (Lipinski definition) is 3. The van der Waals surface area contributed by atoms with Crippen LogP contribution in [0.25, 0.3) is 11.1 Å². The Kier molecular flexibility index (Phi) is 5.71. The van der Waals surface area contributed by atoms with Crippen molar-refractivity contribution < 1.29 is 9.59 Å². The maximum absolute atomic E-state index is 12.8. The molecule has 0 radical (unpaired) electrons. The molecule has 158 valence electrons. The summed E-state index contributed by atoms with van der Waals surface area (Å²) < 4.78 is 0. The van der Waals surface area contributed by atoms with Crippen LogP contribution in [0.15, 0.2) is 61.2 Å². The number of nitrogens with one attached hydrogen (secondary N) is 3. The van der Waals surface area contributed by atoms with Crippen LogP contribution in [0.5, 0.6) is 0 Å². The van der Waals surface area contributed by atoms with Crippen LogP contribution in [0.1, 0.15) is 48.4 Å². The van der Waals surface area contributed by atoms with Gasteiger partial charge in [-0.05, 0) is 67.2 Å². The van der Waals surface area contributed by atoms with Crippen LogP contribution in [0.3, 0.4) is 0 Å². The van der Waals surface area contributed by atoms with Crippen molar-refractivity contribution in [2.45, 2.75) is 38.5 Å². The fourth-order valence-corrected chi connectivity index (χ4v) is 3.54. The van der Waals surface area contributed by atoms with Crippen molar-refractivity contribution >= 4 is 23.3 Å². The number of nitrogens with zero attached hydrogens (tertiary/aromatic N) is 1. The average molecular weight is 415 g/mol. The number of carbonyl (C=O) groups excluding carboxylic acids is 2. The van der Waals surface area contributed by atoms with Gasteiger partial charge in [-0.2, -0.15) is 5.10 Å². The summed E-state index contributed by atoms with van der Waals surface area (Å²) in [7, 11) is 0. The van der Waals surface area contributed by atoms with Crippen molar-refractivity contribution in [2.75, 3.05) is 10.6 Å². The van der Waals surface area contributed by atoms with E-state index in [1.165, 1.54) is 18.9 Å². The molecule has 31 heavy (non-hydrogen) atoms. The minimum Gasteiger partial charge on any atom is -0.322 e. The van der Waals surface area contributed by atoms with Crippen molar-refractivity contribution in [1.82, 2.24) is 10.2 Å². The lowest BCUT2D eigenvalue weighted by atomic mass is 9.95. The highest BCUT2D eigenvalue weighted by atomic mass is 16.2. The molecule has 0 spiro atoms. The first kappa shape index (κ1) is 20.6. The third kappa shape index (κ3) is 4.74. The highest BCUT2D eigenvalue weighted by molar-refractivity contribution is 5.99. The lowest BCUT2D eigenvalue weighted by molar-refractivity contribution is -0.117. The molecular formula is C25H26N4O2. The molecule has 3 N–H and O–H groups in total. The third-order valence-corrected chi connectivity index (χ3v) is 5.65. The first-order valence-electron chi connectivity index (χ1n) is 10.4. The second-order valence-electron chi connectivity index (χ2n) is 8.04. The van der Waals surface area contributed by atoms with Crippen LogP contribution in [0.4, 0.5) is 11.5 Å². The molecule has 1 fully saturated rings. The van der Waals surface area contributed by atoms with Crippen LogP contribution >= 0.6 is 0 Å². The van der Waals surface area contributed by atoms with Crippen molar-refractivity contribution in [2.24, 2.45) is 0 Å². The molecular weight excluding hydrogens is 388 g/mol. The predicted octanol–water partition coefficient (Wildman–Crippen LogP) is 5.13. The van der Waals surface area contributed by atoms with Gasteiger partial charge in [0.2, 0.25) is 11.8 Å². The van der Waals surface area contributed by atoms with Crippen LogP contribution in [-0.4, -0.2) is 22.0 Å². The molecule has 0 saturated heterocycles. The lowest BCUT2D eigenvalue weighted by Crippen LogP contribution is -2.19. The number of aromatic nitrogens is 2. The summed E-state index contributed by atoms with van der Waals surface area (Å²) in [6.45, 7) is 7.32. The number of benzene rings is 2. The van der Waals surface area contributed by atoms with Crippen molar-refractivity contribution in [3.8, 4) is 11.1 Å². The Labute approximate surface area is 181 Å². The van der Waals surface area contributed by atoms with E-state index in [0.29, 0.717) is 11.7 Å². The standard InChI is InChI=1S/C25H26N4O2/c1-4-24(30)26-21-11-10-20(12-15(21)2)19-7-5-6-18(13-19)16(3)25(31)27-23-14-22(28-29-23)17-8-9-17/h4-7,10-14,16-17H,1,8-9H2,2-3H3,(H,26,30)(H2,27,28,29,31). The predicted molar refractivity (Wildman–Crippen MR) is 123 cm³/mol. The van der Waals surface area contributed by atoms with Gasteiger partial charge in [-0.3, -0.25) is 14.7 Å². The van der Waals surface area contributed by atoms with Gasteiger partial charge in [-0.15, -0.1) is 0 Å². The SMILES string of the molecule is C=CC(=O)Nc1ccc(-c2cccc(C(C)C(=O)Nc3cc(C4CC4)[nH]n3)c2)cc1C. The number of anilines is 2. The number of hydrogen-bond acceptors (Lipinski definition) is 3. The second kappa shape index (κ2) is 8.60. The maximum Gasteiger partial charge on any atom is 0.247 e. The van der Waals surface area contributed by atoms with Crippen LogP contribution in [-0.2, 0) is 9.59 Å². The second-order valence-corrected chi connectivity index (χ2v) is 8.04. The number of H-pyrrole nitrogens is 1. The van der Waals surface area contributed by atoms with E-state index in [-0.39, 0.29) is 17.7 Å². The molecule has 2 amide bonds. The van der Waals surface area contributed by atoms with Gasteiger partial charge < -0.3 is 10.6 Å². The minimum atomic E-state index is -0.326. The minimum absolute atomic E-state index is 0.0929. The number of aryl methyl sites for hydroxylation is 1. The van der Waals surface area contributed by atoms with E-state index >= 15 is 0 Å². The molecule has 3 aromatic rings. The summed E-state index contributed by atoms with van der Waals surface area (Å²) in [5.41, 5.74) is 5.75. The molecule has 1 heterocycles. The molecule has 0 aliphatic heterocycles. The Morgan fingerprint density at radius 2 is 1.90 bits per heavy atom.